The van der Waals surface area contributed by atoms with E-state index in [1.54, 1.807) is 30.5 Å². The minimum absolute atomic E-state index is 0.153. The molecule has 0 aliphatic carbocycles. The van der Waals surface area contributed by atoms with E-state index < -0.39 is 5.97 Å². The van der Waals surface area contributed by atoms with Crippen LogP contribution in [0.5, 0.6) is 11.6 Å². The first-order valence-electron chi connectivity index (χ1n) is 6.36. The Hall–Kier alpha value is -2.95. The Labute approximate surface area is 120 Å². The number of carboxylic acid groups (broad SMARTS) is 1. The topological polar surface area (TPSA) is 72.3 Å². The van der Waals surface area contributed by atoms with Gasteiger partial charge in [-0.1, -0.05) is 18.2 Å². The van der Waals surface area contributed by atoms with Crippen LogP contribution in [-0.2, 0) is 0 Å². The van der Waals surface area contributed by atoms with Crippen molar-refractivity contribution in [3.8, 4) is 11.6 Å². The molecule has 0 fully saturated rings. The third-order valence-electron chi connectivity index (χ3n) is 3.09. The molecule has 104 valence electrons. The number of pyridine rings is 2. The summed E-state index contributed by atoms with van der Waals surface area (Å²) < 4.78 is 5.71. The zero-order chi connectivity index (χ0) is 14.8. The molecule has 0 radical (unpaired) electrons. The second-order valence-electron chi connectivity index (χ2n) is 4.57. The van der Waals surface area contributed by atoms with Crippen LogP contribution < -0.4 is 4.74 Å². The van der Waals surface area contributed by atoms with Crippen LogP contribution in [0.1, 0.15) is 16.1 Å². The van der Waals surface area contributed by atoms with Gasteiger partial charge in [-0.25, -0.2) is 9.78 Å². The largest absolute Gasteiger partial charge is 0.478 e. The summed E-state index contributed by atoms with van der Waals surface area (Å²) in [6.07, 6.45) is 2.92. The van der Waals surface area contributed by atoms with Gasteiger partial charge in [0.15, 0.2) is 0 Å². The van der Waals surface area contributed by atoms with Crippen molar-refractivity contribution in [1.29, 1.82) is 0 Å². The Bertz CT molecular complexity index is 813. The van der Waals surface area contributed by atoms with Gasteiger partial charge in [-0.05, 0) is 25.1 Å². The van der Waals surface area contributed by atoms with Gasteiger partial charge in [-0.2, -0.15) is 0 Å². The molecule has 1 aromatic carbocycles. The predicted molar refractivity (Wildman–Crippen MR) is 77.8 cm³/mol. The molecule has 0 bridgehead atoms. The highest BCUT2D eigenvalue weighted by atomic mass is 16.5. The SMILES string of the molecule is Cc1ccc(Oc2ncc(C(=O)O)c3ccccc23)cn1. The van der Waals surface area contributed by atoms with E-state index in [2.05, 4.69) is 9.97 Å². The van der Waals surface area contributed by atoms with Gasteiger partial charge in [0.2, 0.25) is 5.88 Å². The first-order valence-corrected chi connectivity index (χ1v) is 6.36. The van der Waals surface area contributed by atoms with Crippen molar-refractivity contribution in [3.63, 3.8) is 0 Å². The summed E-state index contributed by atoms with van der Waals surface area (Å²) in [7, 11) is 0. The van der Waals surface area contributed by atoms with Crippen molar-refractivity contribution in [2.24, 2.45) is 0 Å². The van der Waals surface area contributed by atoms with E-state index in [9.17, 15) is 9.90 Å². The number of rotatable bonds is 3. The minimum atomic E-state index is -1.01. The summed E-state index contributed by atoms with van der Waals surface area (Å²) in [5.41, 5.74) is 1.04. The second kappa shape index (κ2) is 5.20. The Morgan fingerprint density at radius 2 is 1.81 bits per heavy atom. The molecule has 1 N–H and O–H groups in total. The van der Waals surface area contributed by atoms with Gasteiger partial charge < -0.3 is 9.84 Å². The normalized spacial score (nSPS) is 10.5. The van der Waals surface area contributed by atoms with Crippen LogP contribution in [0.4, 0.5) is 0 Å². The first kappa shape index (κ1) is 13.1. The lowest BCUT2D eigenvalue weighted by Gasteiger charge is -2.09. The molecule has 21 heavy (non-hydrogen) atoms. The lowest BCUT2D eigenvalue weighted by Crippen LogP contribution is -2.00. The second-order valence-corrected chi connectivity index (χ2v) is 4.57. The van der Waals surface area contributed by atoms with Crippen molar-refractivity contribution in [2.45, 2.75) is 6.92 Å². The Morgan fingerprint density at radius 3 is 2.48 bits per heavy atom. The van der Waals surface area contributed by atoms with Crippen molar-refractivity contribution in [1.82, 2.24) is 9.97 Å². The van der Waals surface area contributed by atoms with Crippen LogP contribution in [0, 0.1) is 6.92 Å². The maximum atomic E-state index is 11.2. The van der Waals surface area contributed by atoms with Gasteiger partial charge in [0.05, 0.1) is 11.8 Å². The number of aromatic carboxylic acids is 1. The fourth-order valence-corrected chi connectivity index (χ4v) is 2.04. The molecular formula is C16H12N2O3. The highest BCUT2D eigenvalue weighted by molar-refractivity contribution is 6.04. The molecular weight excluding hydrogens is 268 g/mol. The number of fused-ring (bicyclic) bond motifs is 1. The van der Waals surface area contributed by atoms with Gasteiger partial charge in [-0.3, -0.25) is 4.98 Å². The van der Waals surface area contributed by atoms with E-state index in [0.717, 1.165) is 5.69 Å². The molecule has 0 saturated carbocycles. The lowest BCUT2D eigenvalue weighted by molar-refractivity contribution is 0.0698. The summed E-state index contributed by atoms with van der Waals surface area (Å²) in [6.45, 7) is 1.89. The van der Waals surface area contributed by atoms with Crippen LogP contribution in [0.25, 0.3) is 10.8 Å². The van der Waals surface area contributed by atoms with Crippen LogP contribution in [0.3, 0.4) is 0 Å². The van der Waals surface area contributed by atoms with Crippen LogP contribution in [0.2, 0.25) is 0 Å². The average molecular weight is 280 g/mol. The molecule has 0 amide bonds. The molecule has 5 nitrogen and oxygen atoms in total. The van der Waals surface area contributed by atoms with E-state index in [1.165, 1.54) is 6.20 Å². The summed E-state index contributed by atoms with van der Waals surface area (Å²) in [4.78, 5) is 19.5. The maximum Gasteiger partial charge on any atom is 0.337 e. The molecule has 3 rings (SSSR count). The number of carbonyl (C=O) groups is 1. The van der Waals surface area contributed by atoms with Crippen molar-refractivity contribution in [2.75, 3.05) is 0 Å². The van der Waals surface area contributed by atoms with Gasteiger partial charge in [-0.15, -0.1) is 0 Å². The Balaban J connectivity index is 2.09. The number of nitrogens with zero attached hydrogens (tertiary/aromatic N) is 2. The summed E-state index contributed by atoms with van der Waals surface area (Å²) in [5.74, 6) is -0.0927. The van der Waals surface area contributed by atoms with E-state index in [-0.39, 0.29) is 5.56 Å². The Kier molecular flexibility index (Phi) is 3.23. The van der Waals surface area contributed by atoms with Crippen molar-refractivity contribution in [3.05, 3.63) is 60.0 Å². The molecule has 0 atom stereocenters. The fourth-order valence-electron chi connectivity index (χ4n) is 2.04. The molecule has 0 spiro atoms. The number of carboxylic acids is 1. The first-order chi connectivity index (χ1) is 10.1. The van der Waals surface area contributed by atoms with Gasteiger partial charge >= 0.3 is 5.97 Å². The number of hydrogen-bond acceptors (Lipinski definition) is 4. The van der Waals surface area contributed by atoms with Gasteiger partial charge in [0.25, 0.3) is 0 Å². The molecule has 5 heteroatoms. The highest BCUT2D eigenvalue weighted by Crippen LogP contribution is 2.29. The van der Waals surface area contributed by atoms with Crippen molar-refractivity contribution < 1.29 is 14.6 Å². The van der Waals surface area contributed by atoms with Crippen LogP contribution in [0.15, 0.2) is 48.8 Å². The number of aryl methyl sites for hydroxylation is 1. The standard InChI is InChI=1S/C16H12N2O3/c1-10-6-7-11(8-17-10)21-15-13-5-3-2-4-12(13)14(9-18-15)16(19)20/h2-9H,1H3,(H,19,20). The zero-order valence-corrected chi connectivity index (χ0v) is 11.3. The predicted octanol–water partition coefficient (Wildman–Crippen LogP) is 3.43. The number of benzene rings is 1. The van der Waals surface area contributed by atoms with Crippen LogP contribution >= 0.6 is 0 Å². The number of hydrogen-bond donors (Lipinski definition) is 1. The van der Waals surface area contributed by atoms with Crippen molar-refractivity contribution >= 4 is 16.7 Å². The minimum Gasteiger partial charge on any atom is -0.478 e. The number of ether oxygens (including phenoxy) is 1. The molecule has 0 aliphatic rings. The molecule has 3 aromatic rings. The van der Waals surface area contributed by atoms with Gasteiger partial charge in [0.1, 0.15) is 5.75 Å². The third-order valence-corrected chi connectivity index (χ3v) is 3.09. The van der Waals surface area contributed by atoms with E-state index >= 15 is 0 Å². The quantitative estimate of drug-likeness (QED) is 0.795. The number of aromatic nitrogens is 2. The molecule has 2 aromatic heterocycles. The smallest absolute Gasteiger partial charge is 0.337 e. The maximum absolute atomic E-state index is 11.2. The molecule has 0 aliphatic heterocycles. The van der Waals surface area contributed by atoms with E-state index in [4.69, 9.17) is 4.74 Å². The monoisotopic (exact) mass is 280 g/mol. The molecule has 0 saturated heterocycles. The zero-order valence-electron chi connectivity index (χ0n) is 11.3. The van der Waals surface area contributed by atoms with E-state index in [1.807, 2.05) is 19.1 Å². The van der Waals surface area contributed by atoms with Crippen LogP contribution in [-0.4, -0.2) is 21.0 Å². The van der Waals surface area contributed by atoms with E-state index in [0.29, 0.717) is 22.4 Å². The lowest BCUT2D eigenvalue weighted by atomic mass is 10.1. The Morgan fingerprint density at radius 1 is 1.05 bits per heavy atom. The summed E-state index contributed by atoms with van der Waals surface area (Å²) in [5, 5.41) is 10.4. The average Bonchev–Trinajstić information content (AvgIpc) is 2.49. The summed E-state index contributed by atoms with van der Waals surface area (Å²) >= 11 is 0. The summed E-state index contributed by atoms with van der Waals surface area (Å²) in [6, 6.07) is 10.8. The fraction of sp³-hybridized carbons (Fsp3) is 0.0625. The highest BCUT2D eigenvalue weighted by Gasteiger charge is 2.13. The third kappa shape index (κ3) is 2.53. The molecule has 2 heterocycles. The van der Waals surface area contributed by atoms with Gasteiger partial charge in [0, 0.05) is 22.7 Å². The molecule has 0 unspecified atom stereocenters.